The quantitative estimate of drug-likeness (QED) is 0.726. The maximum Gasteiger partial charge on any atom is 0.216 e. The van der Waals surface area contributed by atoms with Crippen molar-refractivity contribution in [2.24, 2.45) is 0 Å². The molecule has 1 atom stereocenters. The summed E-state index contributed by atoms with van der Waals surface area (Å²) in [6, 6.07) is -0.119. The third-order valence-electron chi connectivity index (χ3n) is 1.96. The van der Waals surface area contributed by atoms with Crippen LogP contribution in [-0.2, 0) is 10.0 Å². The normalized spacial score (nSPS) is 15.5. The van der Waals surface area contributed by atoms with Crippen molar-refractivity contribution < 1.29 is 13.5 Å². The van der Waals surface area contributed by atoms with Gasteiger partial charge in [0.15, 0.2) is 0 Å². The first-order valence-electron chi connectivity index (χ1n) is 4.83. The van der Waals surface area contributed by atoms with Crippen LogP contribution in [-0.4, -0.2) is 30.9 Å². The zero-order chi connectivity index (χ0) is 11.4. The fraction of sp³-hybridized carbons (Fsp3) is 1.00. The summed E-state index contributed by atoms with van der Waals surface area (Å²) >= 11 is 0. The molecule has 0 saturated carbocycles. The van der Waals surface area contributed by atoms with E-state index in [1.165, 1.54) is 0 Å². The molecule has 0 aromatic heterocycles. The summed E-state index contributed by atoms with van der Waals surface area (Å²) in [5.41, 5.74) is 0. The second kappa shape index (κ2) is 5.09. The Balaban J connectivity index is 4.24. The van der Waals surface area contributed by atoms with Crippen LogP contribution < -0.4 is 4.72 Å². The molecule has 0 amide bonds. The van der Waals surface area contributed by atoms with E-state index >= 15 is 0 Å². The van der Waals surface area contributed by atoms with E-state index in [2.05, 4.69) is 4.72 Å². The Morgan fingerprint density at radius 2 is 1.86 bits per heavy atom. The van der Waals surface area contributed by atoms with Crippen LogP contribution in [0.4, 0.5) is 0 Å². The molecule has 0 spiro atoms. The predicted octanol–water partition coefficient (Wildman–Crippen LogP) is 0.865. The van der Waals surface area contributed by atoms with Crippen molar-refractivity contribution in [1.29, 1.82) is 0 Å². The fourth-order valence-electron chi connectivity index (χ4n) is 0.898. The van der Waals surface area contributed by atoms with Crippen LogP contribution in [0, 0.1) is 0 Å². The standard InChI is InChI=1S/C9H21NO3S/c1-8(6-5-7-11)10-14(12,13)9(2,3)4/h8,10-11H,5-7H2,1-4H3. The van der Waals surface area contributed by atoms with Crippen LogP contribution in [0.1, 0.15) is 40.5 Å². The molecule has 86 valence electrons. The molecular weight excluding hydrogens is 202 g/mol. The largest absolute Gasteiger partial charge is 0.396 e. The van der Waals surface area contributed by atoms with Crippen molar-refractivity contribution in [3.63, 3.8) is 0 Å². The molecule has 0 rings (SSSR count). The van der Waals surface area contributed by atoms with Crippen LogP contribution in [0.5, 0.6) is 0 Å². The first-order chi connectivity index (χ1) is 6.20. The van der Waals surface area contributed by atoms with Crippen molar-refractivity contribution in [3.05, 3.63) is 0 Å². The zero-order valence-corrected chi connectivity index (χ0v) is 10.2. The predicted molar refractivity (Wildman–Crippen MR) is 57.6 cm³/mol. The maximum absolute atomic E-state index is 11.7. The van der Waals surface area contributed by atoms with Crippen LogP contribution >= 0.6 is 0 Å². The summed E-state index contributed by atoms with van der Waals surface area (Å²) in [6.45, 7) is 6.89. The molecule has 4 nitrogen and oxygen atoms in total. The Morgan fingerprint density at radius 3 is 2.21 bits per heavy atom. The third-order valence-corrected chi connectivity index (χ3v) is 4.28. The molecule has 0 fully saturated rings. The average Bonchev–Trinajstić information content (AvgIpc) is 1.97. The summed E-state index contributed by atoms with van der Waals surface area (Å²) in [5.74, 6) is 0. The van der Waals surface area contributed by atoms with E-state index in [1.807, 2.05) is 0 Å². The highest BCUT2D eigenvalue weighted by Crippen LogP contribution is 2.14. The Hall–Kier alpha value is -0.130. The molecule has 2 N–H and O–H groups in total. The lowest BCUT2D eigenvalue weighted by atomic mass is 10.2. The molecule has 0 aliphatic heterocycles. The van der Waals surface area contributed by atoms with E-state index < -0.39 is 14.8 Å². The van der Waals surface area contributed by atoms with Gasteiger partial charge in [-0.1, -0.05) is 0 Å². The van der Waals surface area contributed by atoms with E-state index in [9.17, 15) is 8.42 Å². The lowest BCUT2D eigenvalue weighted by Crippen LogP contribution is -2.43. The van der Waals surface area contributed by atoms with Crippen LogP contribution in [0.25, 0.3) is 0 Å². The SMILES string of the molecule is CC(CCCO)NS(=O)(=O)C(C)(C)C. The van der Waals surface area contributed by atoms with E-state index in [4.69, 9.17) is 5.11 Å². The van der Waals surface area contributed by atoms with E-state index in [1.54, 1.807) is 27.7 Å². The van der Waals surface area contributed by atoms with Crippen molar-refractivity contribution in [2.75, 3.05) is 6.61 Å². The summed E-state index contributed by atoms with van der Waals surface area (Å²) in [7, 11) is -3.26. The number of hydrogen-bond donors (Lipinski definition) is 2. The molecule has 0 aromatic rings. The van der Waals surface area contributed by atoms with Crippen molar-refractivity contribution in [1.82, 2.24) is 4.72 Å². The van der Waals surface area contributed by atoms with Crippen LogP contribution in [0.2, 0.25) is 0 Å². The molecule has 1 unspecified atom stereocenters. The number of aliphatic hydroxyl groups is 1. The molecule has 14 heavy (non-hydrogen) atoms. The number of aliphatic hydroxyl groups excluding tert-OH is 1. The van der Waals surface area contributed by atoms with Gasteiger partial charge in [0.2, 0.25) is 10.0 Å². The topological polar surface area (TPSA) is 66.4 Å². The van der Waals surface area contributed by atoms with Gasteiger partial charge in [0.05, 0.1) is 4.75 Å². The van der Waals surface area contributed by atoms with Crippen LogP contribution in [0.15, 0.2) is 0 Å². The van der Waals surface area contributed by atoms with Crippen LogP contribution in [0.3, 0.4) is 0 Å². The van der Waals surface area contributed by atoms with Gasteiger partial charge in [-0.15, -0.1) is 0 Å². The Labute approximate surface area is 86.8 Å². The highest BCUT2D eigenvalue weighted by molar-refractivity contribution is 7.90. The molecular formula is C9H21NO3S. The molecule has 0 radical (unpaired) electrons. The summed E-state index contributed by atoms with van der Waals surface area (Å²) < 4.78 is 25.1. The van der Waals surface area contributed by atoms with E-state index in [-0.39, 0.29) is 12.6 Å². The highest BCUT2D eigenvalue weighted by Gasteiger charge is 2.29. The minimum atomic E-state index is -3.26. The molecule has 0 saturated heterocycles. The van der Waals surface area contributed by atoms with Gasteiger partial charge in [0.25, 0.3) is 0 Å². The smallest absolute Gasteiger partial charge is 0.216 e. The molecule has 0 aliphatic carbocycles. The lowest BCUT2D eigenvalue weighted by molar-refractivity contribution is 0.279. The maximum atomic E-state index is 11.7. The van der Waals surface area contributed by atoms with E-state index in [0.29, 0.717) is 12.8 Å². The van der Waals surface area contributed by atoms with Gasteiger partial charge in [0, 0.05) is 12.6 Å². The Kier molecular flexibility index (Phi) is 5.05. The highest BCUT2D eigenvalue weighted by atomic mass is 32.2. The van der Waals surface area contributed by atoms with Crippen molar-refractivity contribution in [2.45, 2.75) is 51.3 Å². The van der Waals surface area contributed by atoms with Gasteiger partial charge in [-0.3, -0.25) is 0 Å². The van der Waals surface area contributed by atoms with Gasteiger partial charge in [-0.25, -0.2) is 13.1 Å². The number of sulfonamides is 1. The van der Waals surface area contributed by atoms with Gasteiger partial charge < -0.3 is 5.11 Å². The fourth-order valence-corrected chi connectivity index (χ4v) is 1.90. The minimum Gasteiger partial charge on any atom is -0.396 e. The molecule has 5 heteroatoms. The summed E-state index contributed by atoms with van der Waals surface area (Å²) in [6.07, 6.45) is 1.28. The van der Waals surface area contributed by atoms with E-state index in [0.717, 1.165) is 0 Å². The van der Waals surface area contributed by atoms with Gasteiger partial charge in [0.1, 0.15) is 0 Å². The van der Waals surface area contributed by atoms with Gasteiger partial charge in [-0.2, -0.15) is 0 Å². The van der Waals surface area contributed by atoms with Crippen molar-refractivity contribution >= 4 is 10.0 Å². The number of rotatable bonds is 5. The molecule has 0 aromatic carbocycles. The summed E-state index contributed by atoms with van der Waals surface area (Å²) in [5, 5.41) is 8.60. The minimum absolute atomic E-state index is 0.0988. The lowest BCUT2D eigenvalue weighted by Gasteiger charge is -2.23. The Bertz CT molecular complexity index is 254. The average molecular weight is 223 g/mol. The molecule has 0 bridgehead atoms. The Morgan fingerprint density at radius 1 is 1.36 bits per heavy atom. The molecule has 0 heterocycles. The molecule has 0 aliphatic rings. The van der Waals surface area contributed by atoms with Gasteiger partial charge >= 0.3 is 0 Å². The number of hydrogen-bond acceptors (Lipinski definition) is 3. The third kappa shape index (κ3) is 4.39. The van der Waals surface area contributed by atoms with Crippen molar-refractivity contribution in [3.8, 4) is 0 Å². The summed E-state index contributed by atoms with van der Waals surface area (Å²) in [4.78, 5) is 0. The second-order valence-electron chi connectivity index (χ2n) is 4.50. The van der Waals surface area contributed by atoms with Gasteiger partial charge in [-0.05, 0) is 40.5 Å². The first kappa shape index (κ1) is 13.9. The zero-order valence-electron chi connectivity index (χ0n) is 9.37. The first-order valence-corrected chi connectivity index (χ1v) is 6.32. The monoisotopic (exact) mass is 223 g/mol. The number of nitrogens with one attached hydrogen (secondary N) is 1. The second-order valence-corrected chi connectivity index (χ2v) is 6.97.